The predicted molar refractivity (Wildman–Crippen MR) is 214 cm³/mol. The molecule has 0 heterocycles. The van der Waals surface area contributed by atoms with Crippen molar-refractivity contribution in [3.63, 3.8) is 0 Å². The van der Waals surface area contributed by atoms with Gasteiger partial charge in [0.25, 0.3) is 0 Å². The molecule has 0 saturated heterocycles. The van der Waals surface area contributed by atoms with E-state index in [4.69, 9.17) is 0 Å². The van der Waals surface area contributed by atoms with Gasteiger partial charge in [-0.05, 0) is 109 Å². The largest absolute Gasteiger partial charge is 0.107 e. The molecule has 0 aliphatic heterocycles. The molecule has 0 fully saturated rings. The molecule has 0 nitrogen and oxygen atoms in total. The van der Waals surface area contributed by atoms with Crippen LogP contribution in [-0.2, 0) is 0 Å². The summed E-state index contributed by atoms with van der Waals surface area (Å²) in [6.45, 7) is 43.1. The van der Waals surface area contributed by atoms with Crippen molar-refractivity contribution in [1.82, 2.24) is 0 Å². The third-order valence-electron chi connectivity index (χ3n) is 9.90. The van der Waals surface area contributed by atoms with Crippen molar-refractivity contribution >= 4 is 47.7 Å². The quantitative estimate of drug-likeness (QED) is 0.0972. The topological polar surface area (TPSA) is 0 Å². The Morgan fingerprint density at radius 1 is 0.250 bits per heavy atom. The first-order chi connectivity index (χ1) is 18.2. The normalized spacial score (nSPS) is 20.2. The lowest BCUT2D eigenvalue weighted by molar-refractivity contribution is 0.784. The van der Waals surface area contributed by atoms with E-state index in [1.807, 2.05) is 0 Å². The first-order valence-corrected chi connectivity index (χ1v) is 22.2. The molecule has 0 aromatic rings. The molecule has 0 aliphatic carbocycles. The molecule has 0 aromatic carbocycles. The molecule has 0 bridgehead atoms. The smallest absolute Gasteiger partial charge is 0.0235 e. The standard InChI is InChI=1S/3C12H27P.HI/c3*1-7-10(4)13(11(5)8-2)12(6)9-3;/h3*10-12H,7-9H2,1-6H3;1H. The van der Waals surface area contributed by atoms with Crippen LogP contribution in [0.25, 0.3) is 0 Å². The van der Waals surface area contributed by atoms with Crippen molar-refractivity contribution in [3.05, 3.63) is 0 Å². The Bertz CT molecular complexity index is 374. The van der Waals surface area contributed by atoms with Crippen LogP contribution in [0, 0.1) is 0 Å². The Labute approximate surface area is 279 Å². The van der Waals surface area contributed by atoms with Crippen molar-refractivity contribution in [2.75, 3.05) is 0 Å². The van der Waals surface area contributed by atoms with Gasteiger partial charge in [0.1, 0.15) is 0 Å². The van der Waals surface area contributed by atoms with Crippen LogP contribution >= 0.6 is 47.7 Å². The van der Waals surface area contributed by atoms with E-state index >= 15 is 0 Å². The fourth-order valence-electron chi connectivity index (χ4n) is 5.81. The van der Waals surface area contributed by atoms with Gasteiger partial charge in [0.15, 0.2) is 0 Å². The predicted octanol–water partition coefficient (Wildman–Crippen LogP) is 15.2. The zero-order chi connectivity index (χ0) is 31.3. The monoisotopic (exact) mass is 734 g/mol. The lowest BCUT2D eigenvalue weighted by Gasteiger charge is -2.34. The van der Waals surface area contributed by atoms with Gasteiger partial charge in [-0.15, -0.1) is 24.0 Å². The summed E-state index contributed by atoms with van der Waals surface area (Å²) in [5, 5.41) is 0. The van der Waals surface area contributed by atoms with Crippen molar-refractivity contribution in [2.24, 2.45) is 0 Å². The van der Waals surface area contributed by atoms with Crippen molar-refractivity contribution < 1.29 is 0 Å². The molecule has 9 atom stereocenters. The van der Waals surface area contributed by atoms with Gasteiger partial charge in [0, 0.05) is 0 Å². The Morgan fingerprint density at radius 2 is 0.325 bits per heavy atom. The van der Waals surface area contributed by atoms with Crippen LogP contribution in [0.15, 0.2) is 0 Å². The zero-order valence-corrected chi connectivity index (χ0v) is 36.3. The van der Waals surface area contributed by atoms with Gasteiger partial charge in [0.2, 0.25) is 0 Å². The molecule has 0 aromatic heterocycles. The molecule has 0 N–H and O–H groups in total. The second kappa shape index (κ2) is 29.7. The van der Waals surface area contributed by atoms with Gasteiger partial charge < -0.3 is 0 Å². The number of hydrogen-bond acceptors (Lipinski definition) is 0. The van der Waals surface area contributed by atoms with E-state index in [-0.39, 0.29) is 47.7 Å². The molecular formula is C36H82IP3. The maximum atomic E-state index is 2.45. The summed E-state index contributed by atoms with van der Waals surface area (Å²) >= 11 is 0. The van der Waals surface area contributed by atoms with E-state index in [1.165, 1.54) is 57.8 Å². The number of halogens is 1. The molecule has 0 aliphatic rings. The number of hydrogen-bond donors (Lipinski definition) is 0. The third kappa shape index (κ3) is 19.4. The lowest BCUT2D eigenvalue weighted by Crippen LogP contribution is -2.16. The molecule has 0 spiro atoms. The van der Waals surface area contributed by atoms with Crippen LogP contribution in [-0.4, -0.2) is 50.9 Å². The maximum absolute atomic E-state index is 2.45. The van der Waals surface area contributed by atoms with E-state index in [0.29, 0.717) is 0 Å². The average molecular weight is 735 g/mol. The van der Waals surface area contributed by atoms with Gasteiger partial charge in [0.05, 0.1) is 0 Å². The molecule has 0 saturated carbocycles. The Hall–Kier alpha value is 2.02. The van der Waals surface area contributed by atoms with Crippen molar-refractivity contribution in [1.29, 1.82) is 0 Å². The fraction of sp³-hybridized carbons (Fsp3) is 1.00. The van der Waals surface area contributed by atoms with Gasteiger partial charge in [-0.1, -0.05) is 148 Å². The Balaban J connectivity index is -0.000000240. The summed E-state index contributed by atoms with van der Waals surface area (Å²) in [5.74, 6) is 0. The van der Waals surface area contributed by atoms with Crippen LogP contribution in [0.3, 0.4) is 0 Å². The van der Waals surface area contributed by atoms with Gasteiger partial charge in [-0.2, -0.15) is 0 Å². The Kier molecular flexibility index (Phi) is 36.3. The zero-order valence-electron chi connectivity index (χ0n) is 31.3. The minimum absolute atomic E-state index is 0. The van der Waals surface area contributed by atoms with Crippen LogP contribution in [0.4, 0.5) is 0 Å². The molecule has 0 radical (unpaired) electrons. The SMILES string of the molecule is CCC(C)P(C(C)CC)C(C)CC.CCC(C)P(C(C)CC)C(C)CC.CCC(C)P(C(C)CC)C(C)CC.I. The van der Waals surface area contributed by atoms with E-state index in [1.54, 1.807) is 0 Å². The summed E-state index contributed by atoms with van der Waals surface area (Å²) in [6, 6.07) is 0. The summed E-state index contributed by atoms with van der Waals surface area (Å²) < 4.78 is 0. The number of rotatable bonds is 18. The van der Waals surface area contributed by atoms with Gasteiger partial charge in [-0.25, -0.2) is 0 Å². The van der Waals surface area contributed by atoms with Gasteiger partial charge in [-0.3, -0.25) is 0 Å². The first-order valence-electron chi connectivity index (χ1n) is 17.6. The highest BCUT2D eigenvalue weighted by atomic mass is 127. The van der Waals surface area contributed by atoms with Crippen LogP contribution < -0.4 is 0 Å². The second-order valence-electron chi connectivity index (χ2n) is 12.7. The van der Waals surface area contributed by atoms with E-state index < -0.39 is 0 Å². The van der Waals surface area contributed by atoms with Crippen LogP contribution in [0.5, 0.6) is 0 Å². The van der Waals surface area contributed by atoms with E-state index in [0.717, 1.165) is 50.9 Å². The van der Waals surface area contributed by atoms with E-state index in [2.05, 4.69) is 125 Å². The lowest BCUT2D eigenvalue weighted by atomic mass is 10.3. The fourth-order valence-corrected chi connectivity index (χ4v) is 17.4. The minimum Gasteiger partial charge on any atom is -0.107 e. The minimum atomic E-state index is 0. The molecule has 4 heteroatoms. The van der Waals surface area contributed by atoms with Crippen LogP contribution in [0.1, 0.15) is 182 Å². The Morgan fingerprint density at radius 3 is 0.375 bits per heavy atom. The molecule has 9 unspecified atom stereocenters. The highest BCUT2D eigenvalue weighted by Gasteiger charge is 2.26. The van der Waals surface area contributed by atoms with Gasteiger partial charge >= 0.3 is 0 Å². The summed E-state index contributed by atoms with van der Waals surface area (Å²) in [7, 11) is 0.766. The third-order valence-corrected chi connectivity index (χ3v) is 22.3. The highest BCUT2D eigenvalue weighted by molar-refractivity contribution is 14.0. The molecule has 0 rings (SSSR count). The summed E-state index contributed by atoms with van der Waals surface area (Å²) in [6.07, 6.45) is 12.3. The van der Waals surface area contributed by atoms with E-state index in [9.17, 15) is 0 Å². The first kappa shape index (κ1) is 48.9. The van der Waals surface area contributed by atoms with Crippen molar-refractivity contribution in [3.8, 4) is 0 Å². The molecule has 0 amide bonds. The highest BCUT2D eigenvalue weighted by Crippen LogP contribution is 2.55. The molecule has 40 heavy (non-hydrogen) atoms. The molecule has 248 valence electrons. The second-order valence-corrected chi connectivity index (χ2v) is 23.3. The average Bonchev–Trinajstić information content (AvgIpc) is 2.96. The summed E-state index contributed by atoms with van der Waals surface area (Å²) in [4.78, 5) is 0. The summed E-state index contributed by atoms with van der Waals surface area (Å²) in [5.41, 5.74) is 8.62. The van der Waals surface area contributed by atoms with Crippen molar-refractivity contribution in [2.45, 2.75) is 233 Å². The maximum Gasteiger partial charge on any atom is -0.0235 e. The van der Waals surface area contributed by atoms with Crippen LogP contribution in [0.2, 0.25) is 0 Å². The molecular weight excluding hydrogens is 652 g/mol.